The van der Waals surface area contributed by atoms with E-state index in [1.54, 1.807) is 0 Å². The van der Waals surface area contributed by atoms with Gasteiger partial charge >= 0.3 is 12.5 Å². The smallest absolute Gasteiger partial charge is 0.406 e. The van der Waals surface area contributed by atoms with Crippen molar-refractivity contribution in [2.24, 2.45) is 0 Å². The summed E-state index contributed by atoms with van der Waals surface area (Å²) in [7, 11) is 0. The Morgan fingerprint density at radius 1 is 1.16 bits per heavy atom. The van der Waals surface area contributed by atoms with Gasteiger partial charge in [-0.3, -0.25) is 9.36 Å². The first-order valence-electron chi connectivity index (χ1n) is 6.08. The summed E-state index contributed by atoms with van der Waals surface area (Å²) in [6.45, 7) is 0. The van der Waals surface area contributed by atoms with Gasteiger partial charge in [0.1, 0.15) is 12.1 Å². The van der Waals surface area contributed by atoms with Gasteiger partial charge in [0.25, 0.3) is 5.56 Å². The van der Waals surface area contributed by atoms with E-state index in [2.05, 4.69) is 43.2 Å². The molecule has 0 bridgehead atoms. The van der Waals surface area contributed by atoms with Crippen LogP contribution in [0.4, 0.5) is 32.0 Å². The first-order chi connectivity index (χ1) is 11.4. The molecule has 2 rings (SSSR count). The van der Waals surface area contributed by atoms with E-state index in [1.165, 1.54) is 0 Å². The summed E-state index contributed by atoms with van der Waals surface area (Å²) >= 11 is 6.66. The van der Waals surface area contributed by atoms with Crippen LogP contribution in [0.5, 0.6) is 5.75 Å². The van der Waals surface area contributed by atoms with E-state index in [1.807, 2.05) is 0 Å². The summed E-state index contributed by atoms with van der Waals surface area (Å²) in [5, 5.41) is 0. The fraction of sp³-hybridized carbons (Fsp3) is 0.167. The highest BCUT2D eigenvalue weighted by atomic mass is 79.9. The number of nitrogens with one attached hydrogen (secondary N) is 1. The fourth-order valence-corrected chi connectivity index (χ4v) is 2.62. The van der Waals surface area contributed by atoms with Gasteiger partial charge in [0.2, 0.25) is 0 Å². The van der Waals surface area contributed by atoms with E-state index in [4.69, 9.17) is 0 Å². The average Bonchev–Trinajstić information content (AvgIpc) is 2.44. The molecule has 0 aliphatic rings. The Morgan fingerprint density at radius 2 is 1.80 bits per heavy atom. The van der Waals surface area contributed by atoms with Gasteiger partial charge in [0.15, 0.2) is 5.69 Å². The minimum Gasteiger partial charge on any atom is -0.406 e. The first-order valence-corrected chi connectivity index (χ1v) is 7.32. The van der Waals surface area contributed by atoms with Crippen molar-refractivity contribution in [3.63, 3.8) is 0 Å². The monoisotopic (exact) mass is 449 g/mol. The molecule has 1 N–H and O–H groups in total. The zero-order chi connectivity index (χ0) is 19.0. The van der Waals surface area contributed by atoms with Gasteiger partial charge in [-0.2, -0.15) is 13.2 Å². The molecule has 2 aromatic rings. The minimum atomic E-state index is -4.96. The number of hydrogen-bond acceptors (Lipinski definition) is 5. The van der Waals surface area contributed by atoms with Crippen LogP contribution >= 0.6 is 28.7 Å². The molecule has 136 valence electrons. The Balaban J connectivity index is 2.58. The van der Waals surface area contributed by atoms with Crippen molar-refractivity contribution in [2.75, 3.05) is 4.72 Å². The van der Waals surface area contributed by atoms with Crippen LogP contribution in [0, 0.1) is 0 Å². The highest BCUT2D eigenvalue weighted by Gasteiger charge is 2.34. The molecule has 0 radical (unpaired) electrons. The van der Waals surface area contributed by atoms with Crippen LogP contribution in [-0.4, -0.2) is 15.9 Å². The van der Waals surface area contributed by atoms with Crippen molar-refractivity contribution in [3.8, 4) is 11.4 Å². The van der Waals surface area contributed by atoms with Crippen LogP contribution in [0.15, 0.2) is 33.8 Å². The number of hydrogen-bond donors (Lipinski definition) is 2. The molecule has 13 heteroatoms. The summed E-state index contributed by atoms with van der Waals surface area (Å²) in [5.74, 6) is -0.632. The predicted molar refractivity (Wildman–Crippen MR) is 81.8 cm³/mol. The van der Waals surface area contributed by atoms with Gasteiger partial charge < -0.3 is 9.46 Å². The average molecular weight is 450 g/mol. The largest absolute Gasteiger partial charge is 0.573 e. The van der Waals surface area contributed by atoms with E-state index in [0.29, 0.717) is 10.9 Å². The molecule has 1 heterocycles. The Hall–Kier alpha value is -1.89. The Kier molecular flexibility index (Phi) is 5.27. The molecule has 0 saturated carbocycles. The number of thiol groups is 1. The lowest BCUT2D eigenvalue weighted by atomic mass is 10.2. The van der Waals surface area contributed by atoms with Crippen molar-refractivity contribution in [1.82, 2.24) is 9.55 Å². The summed E-state index contributed by atoms with van der Waals surface area (Å²) in [5.41, 5.74) is -2.74. The van der Waals surface area contributed by atoms with Crippen LogP contribution in [0.3, 0.4) is 0 Å². The molecule has 5 nitrogen and oxygen atoms in total. The van der Waals surface area contributed by atoms with Gasteiger partial charge in [-0.15, -0.1) is 13.2 Å². The molecule has 1 aromatic heterocycles. The van der Waals surface area contributed by atoms with E-state index in [0.717, 1.165) is 12.1 Å². The van der Waals surface area contributed by atoms with Gasteiger partial charge in [-0.25, -0.2) is 4.98 Å². The molecule has 0 amide bonds. The zero-order valence-corrected chi connectivity index (χ0v) is 14.1. The Labute approximate surface area is 149 Å². The maximum Gasteiger partial charge on any atom is 0.573 e. The van der Waals surface area contributed by atoms with E-state index >= 15 is 0 Å². The summed E-state index contributed by atoms with van der Waals surface area (Å²) < 4.78 is 81.2. The maximum absolute atomic E-state index is 12.6. The molecule has 0 saturated heterocycles. The van der Waals surface area contributed by atoms with Gasteiger partial charge in [0.05, 0.1) is 11.4 Å². The van der Waals surface area contributed by atoms with Crippen molar-refractivity contribution < 1.29 is 31.1 Å². The molecule has 0 fully saturated rings. The number of benzene rings is 1. The summed E-state index contributed by atoms with van der Waals surface area (Å²) in [6, 6.07) is 2.01. The van der Waals surface area contributed by atoms with Crippen molar-refractivity contribution >= 4 is 34.4 Å². The van der Waals surface area contributed by atoms with Gasteiger partial charge in [-0.05, 0) is 22.0 Å². The second-order valence-electron chi connectivity index (χ2n) is 4.44. The molecule has 0 spiro atoms. The third kappa shape index (κ3) is 4.60. The standard InChI is InChI=1S/C12H6BrF6N3O2S/c13-6-1-5(24-12(17,18)19)2-7(21-25)10(6)22-4-20-8(3-9(22)23)11(14,15)16/h1-4,21,25H. The minimum absolute atomic E-state index is 0.0746. The lowest BCUT2D eigenvalue weighted by molar-refractivity contribution is -0.274. The Bertz CT molecular complexity index is 852. The molecule has 0 unspecified atom stereocenters. The highest BCUT2D eigenvalue weighted by molar-refractivity contribution is 9.10. The van der Waals surface area contributed by atoms with Crippen molar-refractivity contribution in [2.45, 2.75) is 12.5 Å². The molecule has 0 aliphatic carbocycles. The molecule has 1 aromatic carbocycles. The number of ether oxygens (including phenoxy) is 1. The summed E-state index contributed by atoms with van der Waals surface area (Å²) in [4.78, 5) is 15.1. The quantitative estimate of drug-likeness (QED) is 0.545. The van der Waals surface area contributed by atoms with E-state index < -0.39 is 29.5 Å². The topological polar surface area (TPSA) is 56.2 Å². The number of halogens is 7. The number of anilines is 1. The molecule has 0 aliphatic heterocycles. The lowest BCUT2D eigenvalue weighted by Crippen LogP contribution is -2.23. The predicted octanol–water partition coefficient (Wildman–Crippen LogP) is 4.17. The van der Waals surface area contributed by atoms with Crippen LogP contribution < -0.4 is 15.0 Å². The third-order valence-electron chi connectivity index (χ3n) is 2.73. The number of nitrogens with zero attached hydrogens (tertiary/aromatic N) is 2. The third-order valence-corrected chi connectivity index (χ3v) is 3.58. The fourth-order valence-electron chi connectivity index (χ4n) is 1.82. The first kappa shape index (κ1) is 19.4. The molecule has 0 atom stereocenters. The maximum atomic E-state index is 12.6. The summed E-state index contributed by atoms with van der Waals surface area (Å²) in [6.07, 6.45) is -9.17. The van der Waals surface area contributed by atoms with Crippen molar-refractivity contribution in [3.05, 3.63) is 45.0 Å². The van der Waals surface area contributed by atoms with Crippen molar-refractivity contribution in [1.29, 1.82) is 0 Å². The lowest BCUT2D eigenvalue weighted by Gasteiger charge is -2.16. The van der Waals surface area contributed by atoms with E-state index in [9.17, 15) is 31.1 Å². The molecular weight excluding hydrogens is 444 g/mol. The van der Waals surface area contributed by atoms with Crippen LogP contribution in [0.25, 0.3) is 5.69 Å². The number of alkyl halides is 6. The van der Waals surface area contributed by atoms with Gasteiger partial charge in [-0.1, -0.05) is 12.8 Å². The zero-order valence-electron chi connectivity index (χ0n) is 11.6. The highest BCUT2D eigenvalue weighted by Crippen LogP contribution is 2.36. The van der Waals surface area contributed by atoms with Gasteiger partial charge in [0, 0.05) is 16.6 Å². The Morgan fingerprint density at radius 3 is 2.28 bits per heavy atom. The SMILES string of the molecule is O=c1cc(C(F)(F)F)ncn1-c1c(Br)cc(OC(F)(F)F)cc1NS. The molecular formula is C12H6BrF6N3O2S. The van der Waals surface area contributed by atoms with Crippen LogP contribution in [0.2, 0.25) is 0 Å². The molecule has 25 heavy (non-hydrogen) atoms. The van der Waals surface area contributed by atoms with E-state index in [-0.39, 0.29) is 21.9 Å². The number of aromatic nitrogens is 2. The second kappa shape index (κ2) is 6.78. The number of rotatable bonds is 3. The second-order valence-corrected chi connectivity index (χ2v) is 5.52. The van der Waals surface area contributed by atoms with Crippen LogP contribution in [-0.2, 0) is 6.18 Å². The van der Waals surface area contributed by atoms with Crippen LogP contribution in [0.1, 0.15) is 5.69 Å². The normalized spacial score (nSPS) is 12.2.